The molecule has 4 aromatic rings. The lowest BCUT2D eigenvalue weighted by Gasteiger charge is -2.12. The molecule has 0 unspecified atom stereocenters. The number of fused-ring (bicyclic) bond motifs is 1. The first-order valence-corrected chi connectivity index (χ1v) is 11.4. The molecule has 0 aliphatic heterocycles. The molecule has 2 heterocycles. The Morgan fingerprint density at radius 2 is 1.89 bits per heavy atom. The number of nitrogens with zero attached hydrogens (tertiary/aromatic N) is 3. The van der Waals surface area contributed by atoms with Crippen LogP contribution in [0.15, 0.2) is 71.2 Å². The Labute approximate surface area is 219 Å². The van der Waals surface area contributed by atoms with Crippen LogP contribution in [0.2, 0.25) is 5.02 Å². The van der Waals surface area contributed by atoms with E-state index >= 15 is 0 Å². The quantitative estimate of drug-likeness (QED) is 0.237. The lowest BCUT2D eigenvalue weighted by atomic mass is 10.1. The highest BCUT2D eigenvalue weighted by molar-refractivity contribution is 6.31. The predicted octanol–water partition coefficient (Wildman–Crippen LogP) is 6.32. The summed E-state index contributed by atoms with van der Waals surface area (Å²) in [7, 11) is 0. The van der Waals surface area contributed by atoms with Crippen LogP contribution in [-0.4, -0.2) is 15.3 Å². The fourth-order valence-electron chi connectivity index (χ4n) is 3.55. The van der Waals surface area contributed by atoms with E-state index in [1.807, 2.05) is 0 Å². The van der Waals surface area contributed by atoms with E-state index < -0.39 is 28.8 Å². The van der Waals surface area contributed by atoms with Gasteiger partial charge in [0.15, 0.2) is 0 Å². The van der Waals surface area contributed by atoms with E-state index in [-0.39, 0.29) is 17.1 Å². The van der Waals surface area contributed by atoms with Gasteiger partial charge in [0.2, 0.25) is 5.88 Å². The fraction of sp³-hybridized carbons (Fsp3) is 0.111. The Morgan fingerprint density at radius 1 is 1.13 bits per heavy atom. The van der Waals surface area contributed by atoms with Gasteiger partial charge in [-0.1, -0.05) is 23.7 Å². The zero-order chi connectivity index (χ0) is 27.6. The zero-order valence-corrected chi connectivity index (χ0v) is 20.7. The van der Waals surface area contributed by atoms with E-state index in [1.165, 1.54) is 16.7 Å². The van der Waals surface area contributed by atoms with Crippen molar-refractivity contribution in [2.75, 3.05) is 5.32 Å². The Bertz CT molecular complexity index is 1710. The number of benzene rings is 2. The van der Waals surface area contributed by atoms with Crippen LogP contribution in [0.4, 0.5) is 18.9 Å². The number of nitriles is 1. The molecule has 0 saturated heterocycles. The second-order valence-electron chi connectivity index (χ2n) is 8.24. The molecule has 0 aliphatic carbocycles. The second kappa shape index (κ2) is 10.4. The van der Waals surface area contributed by atoms with Crippen molar-refractivity contribution in [3.63, 3.8) is 0 Å². The maximum atomic E-state index is 13.4. The monoisotopic (exact) mass is 538 g/mol. The third-order valence-corrected chi connectivity index (χ3v) is 5.92. The summed E-state index contributed by atoms with van der Waals surface area (Å²) in [5, 5.41) is 12.4. The fourth-order valence-corrected chi connectivity index (χ4v) is 3.67. The first kappa shape index (κ1) is 26.4. The van der Waals surface area contributed by atoms with E-state index in [2.05, 4.69) is 10.3 Å². The van der Waals surface area contributed by atoms with Crippen molar-refractivity contribution in [1.82, 2.24) is 9.38 Å². The van der Waals surface area contributed by atoms with Crippen molar-refractivity contribution in [3.05, 3.63) is 104 Å². The summed E-state index contributed by atoms with van der Waals surface area (Å²) in [6.45, 7) is 3.51. The zero-order valence-electron chi connectivity index (χ0n) is 19.9. The molecule has 0 atom stereocenters. The molecule has 0 spiro atoms. The minimum atomic E-state index is -4.62. The number of hydrogen-bond donors (Lipinski definition) is 1. The summed E-state index contributed by atoms with van der Waals surface area (Å²) in [5.74, 6) is -0.891. The van der Waals surface area contributed by atoms with Crippen molar-refractivity contribution in [1.29, 1.82) is 5.26 Å². The highest BCUT2D eigenvalue weighted by atomic mass is 35.5. The number of halogens is 4. The van der Waals surface area contributed by atoms with Crippen LogP contribution in [0.1, 0.15) is 22.3 Å². The van der Waals surface area contributed by atoms with Gasteiger partial charge in [-0.2, -0.15) is 23.4 Å². The molecule has 38 heavy (non-hydrogen) atoms. The van der Waals surface area contributed by atoms with Crippen LogP contribution >= 0.6 is 11.6 Å². The van der Waals surface area contributed by atoms with Crippen LogP contribution in [0.5, 0.6) is 11.6 Å². The third-order valence-electron chi connectivity index (χ3n) is 5.49. The Kier molecular flexibility index (Phi) is 7.23. The summed E-state index contributed by atoms with van der Waals surface area (Å²) in [4.78, 5) is 30.7. The van der Waals surface area contributed by atoms with Crippen molar-refractivity contribution < 1.29 is 22.7 Å². The summed E-state index contributed by atoms with van der Waals surface area (Å²) >= 11 is 6.09. The van der Waals surface area contributed by atoms with Crippen LogP contribution in [0.25, 0.3) is 11.7 Å². The van der Waals surface area contributed by atoms with Crippen LogP contribution in [0.3, 0.4) is 0 Å². The van der Waals surface area contributed by atoms with Gasteiger partial charge in [-0.15, -0.1) is 0 Å². The van der Waals surface area contributed by atoms with Gasteiger partial charge in [-0.25, -0.2) is 0 Å². The molecule has 0 saturated carbocycles. The number of nitrogens with one attached hydrogen (secondary N) is 1. The minimum Gasteiger partial charge on any atom is -0.438 e. The number of anilines is 1. The summed E-state index contributed by atoms with van der Waals surface area (Å²) in [6, 6.07) is 13.8. The largest absolute Gasteiger partial charge is 0.438 e. The highest BCUT2D eigenvalue weighted by Crippen LogP contribution is 2.31. The van der Waals surface area contributed by atoms with Gasteiger partial charge in [-0.3, -0.25) is 14.0 Å². The molecular formula is C27H18ClF3N4O3. The Hall–Kier alpha value is -4.62. The molecule has 2 aromatic heterocycles. The number of carbonyl (C=O) groups excluding carboxylic acids is 1. The Balaban J connectivity index is 1.80. The van der Waals surface area contributed by atoms with Crippen molar-refractivity contribution in [2.45, 2.75) is 20.0 Å². The van der Waals surface area contributed by atoms with Gasteiger partial charge < -0.3 is 10.1 Å². The van der Waals surface area contributed by atoms with Crippen LogP contribution in [-0.2, 0) is 11.0 Å². The molecular weight excluding hydrogens is 521 g/mol. The topological polar surface area (TPSA) is 96.5 Å². The van der Waals surface area contributed by atoms with Gasteiger partial charge >= 0.3 is 6.18 Å². The number of ether oxygens (including phenoxy) is 1. The number of rotatable bonds is 5. The first-order valence-electron chi connectivity index (χ1n) is 11.0. The molecule has 11 heteroatoms. The molecule has 0 bridgehead atoms. The van der Waals surface area contributed by atoms with Gasteiger partial charge in [0, 0.05) is 16.9 Å². The number of aromatic nitrogens is 2. The molecule has 0 radical (unpaired) electrons. The first-order chi connectivity index (χ1) is 18.0. The highest BCUT2D eigenvalue weighted by Gasteiger charge is 2.30. The van der Waals surface area contributed by atoms with Gasteiger partial charge in [0.1, 0.15) is 28.6 Å². The lowest BCUT2D eigenvalue weighted by molar-refractivity contribution is -0.137. The predicted molar refractivity (Wildman–Crippen MR) is 136 cm³/mol. The lowest BCUT2D eigenvalue weighted by Crippen LogP contribution is -2.21. The number of carbonyl (C=O) groups is 1. The summed E-state index contributed by atoms with van der Waals surface area (Å²) in [6.07, 6.45) is -2.16. The van der Waals surface area contributed by atoms with E-state index in [9.17, 15) is 28.0 Å². The van der Waals surface area contributed by atoms with E-state index in [4.69, 9.17) is 16.3 Å². The number of amides is 1. The van der Waals surface area contributed by atoms with Crippen LogP contribution in [0, 0.1) is 25.2 Å². The normalized spacial score (nSPS) is 11.8. The molecule has 2 aromatic carbocycles. The van der Waals surface area contributed by atoms with E-state index in [0.717, 1.165) is 24.3 Å². The molecule has 192 valence electrons. The molecule has 4 rings (SSSR count). The number of aryl methyl sites for hydroxylation is 2. The SMILES string of the molecule is Cc1cc(Oc2nc3c(C)cccn3c(=O)c2/C=C(/C#N)C(=O)Nc2cccc(C(F)(F)F)c2)ccc1Cl. The summed E-state index contributed by atoms with van der Waals surface area (Å²) in [5.41, 5.74) is -0.876. The molecule has 1 N–H and O–H groups in total. The number of pyridine rings is 1. The third kappa shape index (κ3) is 5.53. The van der Waals surface area contributed by atoms with Crippen molar-refractivity contribution in [2.24, 2.45) is 0 Å². The standard InChI is InChI=1S/C27H18ClF3N4O3/c1-15-5-4-10-35-23(15)34-25(38-20-8-9-22(28)16(2)11-20)21(26(35)37)12-17(14-32)24(36)33-19-7-3-6-18(13-19)27(29,30)31/h3-13H,1-2H3,(H,33,36)/b17-12-. The van der Waals surface area contributed by atoms with Gasteiger partial charge in [0.05, 0.1) is 5.56 Å². The number of hydrogen-bond acceptors (Lipinski definition) is 5. The summed E-state index contributed by atoms with van der Waals surface area (Å²) < 4.78 is 46.3. The van der Waals surface area contributed by atoms with Gasteiger partial charge in [-0.05, 0) is 73.5 Å². The smallest absolute Gasteiger partial charge is 0.416 e. The molecule has 7 nitrogen and oxygen atoms in total. The molecule has 0 fully saturated rings. The maximum absolute atomic E-state index is 13.4. The maximum Gasteiger partial charge on any atom is 0.416 e. The Morgan fingerprint density at radius 3 is 2.58 bits per heavy atom. The van der Waals surface area contributed by atoms with Crippen LogP contribution < -0.4 is 15.6 Å². The average Bonchev–Trinajstić information content (AvgIpc) is 2.86. The molecule has 0 aliphatic rings. The number of alkyl halides is 3. The average molecular weight is 539 g/mol. The van der Waals surface area contributed by atoms with E-state index in [1.54, 1.807) is 50.2 Å². The second-order valence-corrected chi connectivity index (χ2v) is 8.64. The molecule has 1 amide bonds. The van der Waals surface area contributed by atoms with Crippen molar-refractivity contribution >= 4 is 34.9 Å². The van der Waals surface area contributed by atoms with Gasteiger partial charge in [0.25, 0.3) is 11.5 Å². The van der Waals surface area contributed by atoms with Crippen molar-refractivity contribution in [3.8, 4) is 17.7 Å². The van der Waals surface area contributed by atoms with E-state index in [0.29, 0.717) is 27.5 Å². The minimum absolute atomic E-state index is 0.175.